The zero-order chi connectivity index (χ0) is 18.4. The summed E-state index contributed by atoms with van der Waals surface area (Å²) in [5.41, 5.74) is 7.02. The zero-order valence-corrected chi connectivity index (χ0v) is 15.9. The van der Waals surface area contributed by atoms with Gasteiger partial charge in [0.1, 0.15) is 5.75 Å². The molecule has 2 N–H and O–H groups in total. The van der Waals surface area contributed by atoms with Gasteiger partial charge in [0.2, 0.25) is 0 Å². The van der Waals surface area contributed by atoms with E-state index in [2.05, 4.69) is 40.6 Å². The van der Waals surface area contributed by atoms with E-state index in [0.717, 1.165) is 53.9 Å². The van der Waals surface area contributed by atoms with Crippen LogP contribution in [0.5, 0.6) is 5.75 Å². The SMILES string of the molecule is COc1ccc(Cc2nc3c(c4c2[nH]c2ccccc24)CCNC3)cc1Cl. The largest absolute Gasteiger partial charge is 0.495 e. The first kappa shape index (κ1) is 16.6. The summed E-state index contributed by atoms with van der Waals surface area (Å²) in [7, 11) is 1.63. The number of H-pyrrole nitrogens is 1. The van der Waals surface area contributed by atoms with Crippen LogP contribution >= 0.6 is 11.6 Å². The van der Waals surface area contributed by atoms with Gasteiger partial charge < -0.3 is 15.0 Å². The van der Waals surface area contributed by atoms with E-state index in [-0.39, 0.29) is 0 Å². The van der Waals surface area contributed by atoms with Crippen LogP contribution in [0.1, 0.15) is 22.5 Å². The van der Waals surface area contributed by atoms with Crippen LogP contribution in [0.15, 0.2) is 42.5 Å². The first-order chi connectivity index (χ1) is 13.2. The maximum atomic E-state index is 6.33. The van der Waals surface area contributed by atoms with Crippen LogP contribution in [0, 0.1) is 0 Å². The van der Waals surface area contributed by atoms with E-state index in [1.165, 1.54) is 16.3 Å². The molecular weight excluding hydrogens is 358 g/mol. The number of halogens is 1. The first-order valence-electron chi connectivity index (χ1n) is 9.19. The Bertz CT molecular complexity index is 1170. The molecule has 0 aliphatic carbocycles. The molecule has 0 saturated carbocycles. The third kappa shape index (κ3) is 2.76. The van der Waals surface area contributed by atoms with Crippen LogP contribution in [-0.2, 0) is 19.4 Å². The predicted octanol–water partition coefficient (Wildman–Crippen LogP) is 4.61. The molecule has 5 heteroatoms. The maximum Gasteiger partial charge on any atom is 0.137 e. The summed E-state index contributed by atoms with van der Waals surface area (Å²) in [6, 6.07) is 14.4. The fraction of sp³-hybridized carbons (Fsp3) is 0.227. The summed E-state index contributed by atoms with van der Waals surface area (Å²) in [5, 5.41) is 6.68. The monoisotopic (exact) mass is 377 g/mol. The molecule has 0 spiro atoms. The van der Waals surface area contributed by atoms with Gasteiger partial charge in [-0.05, 0) is 42.3 Å². The second-order valence-electron chi connectivity index (χ2n) is 6.98. The number of hydrogen-bond acceptors (Lipinski definition) is 3. The molecule has 2 aromatic carbocycles. The molecule has 4 aromatic rings. The van der Waals surface area contributed by atoms with Crippen molar-refractivity contribution in [2.45, 2.75) is 19.4 Å². The number of fused-ring (bicyclic) bond motifs is 5. The summed E-state index contributed by atoms with van der Waals surface area (Å²) in [6.07, 6.45) is 1.73. The first-order valence-corrected chi connectivity index (χ1v) is 9.56. The number of benzene rings is 2. The highest BCUT2D eigenvalue weighted by Crippen LogP contribution is 2.34. The number of aromatic nitrogens is 2. The van der Waals surface area contributed by atoms with Gasteiger partial charge >= 0.3 is 0 Å². The number of pyridine rings is 1. The van der Waals surface area contributed by atoms with Gasteiger partial charge in [0.05, 0.1) is 29.0 Å². The average Bonchev–Trinajstić information content (AvgIpc) is 3.08. The van der Waals surface area contributed by atoms with E-state index >= 15 is 0 Å². The van der Waals surface area contributed by atoms with E-state index < -0.39 is 0 Å². The number of para-hydroxylation sites is 1. The minimum Gasteiger partial charge on any atom is -0.495 e. The summed E-state index contributed by atoms with van der Waals surface area (Å²) in [5.74, 6) is 0.693. The Morgan fingerprint density at radius 3 is 2.93 bits per heavy atom. The van der Waals surface area contributed by atoms with Crippen molar-refractivity contribution in [3.05, 3.63) is 70.0 Å². The van der Waals surface area contributed by atoms with Crippen molar-refractivity contribution in [2.24, 2.45) is 0 Å². The van der Waals surface area contributed by atoms with Gasteiger partial charge in [0, 0.05) is 29.3 Å². The number of nitrogens with zero attached hydrogens (tertiary/aromatic N) is 1. The van der Waals surface area contributed by atoms with E-state index in [9.17, 15) is 0 Å². The van der Waals surface area contributed by atoms with Gasteiger partial charge in [-0.15, -0.1) is 0 Å². The van der Waals surface area contributed by atoms with Crippen LogP contribution in [0.3, 0.4) is 0 Å². The van der Waals surface area contributed by atoms with Crippen molar-refractivity contribution < 1.29 is 4.74 Å². The average molecular weight is 378 g/mol. The number of methoxy groups -OCH3 is 1. The molecule has 0 amide bonds. The highest BCUT2D eigenvalue weighted by molar-refractivity contribution is 6.32. The summed E-state index contributed by atoms with van der Waals surface area (Å²) in [4.78, 5) is 8.65. The normalized spacial score (nSPS) is 13.9. The molecule has 2 aromatic heterocycles. The lowest BCUT2D eigenvalue weighted by atomic mass is 9.97. The van der Waals surface area contributed by atoms with E-state index in [0.29, 0.717) is 10.8 Å². The van der Waals surface area contributed by atoms with Gasteiger partial charge in [-0.3, -0.25) is 4.98 Å². The van der Waals surface area contributed by atoms with Gasteiger partial charge in [0.25, 0.3) is 0 Å². The zero-order valence-electron chi connectivity index (χ0n) is 15.1. The standard InChI is InChI=1S/C22H20ClN3O/c1-27-20-7-6-13(10-16(20)23)11-18-22-21(14-4-2-3-5-17(14)26-22)15-8-9-24-12-19(15)25-18/h2-7,10,24,26H,8-9,11-12H2,1H3. The molecule has 3 heterocycles. The van der Waals surface area contributed by atoms with Crippen molar-refractivity contribution in [2.75, 3.05) is 13.7 Å². The lowest BCUT2D eigenvalue weighted by Gasteiger charge is -2.19. The molecule has 0 fully saturated rings. The second kappa shape index (κ2) is 6.55. The Morgan fingerprint density at radius 1 is 1.19 bits per heavy atom. The smallest absolute Gasteiger partial charge is 0.137 e. The van der Waals surface area contributed by atoms with Crippen molar-refractivity contribution >= 4 is 33.4 Å². The van der Waals surface area contributed by atoms with E-state index in [4.69, 9.17) is 21.3 Å². The molecule has 0 bridgehead atoms. The predicted molar refractivity (Wildman–Crippen MR) is 110 cm³/mol. The summed E-state index contributed by atoms with van der Waals surface area (Å²) in [6.45, 7) is 1.82. The fourth-order valence-electron chi connectivity index (χ4n) is 4.08. The molecule has 4 nitrogen and oxygen atoms in total. The number of ether oxygens (including phenoxy) is 1. The Balaban J connectivity index is 1.71. The van der Waals surface area contributed by atoms with Crippen molar-refractivity contribution in [1.82, 2.24) is 15.3 Å². The Kier molecular flexibility index (Phi) is 4.03. The third-order valence-corrected chi connectivity index (χ3v) is 5.64. The van der Waals surface area contributed by atoms with Gasteiger partial charge in [0.15, 0.2) is 0 Å². The Morgan fingerprint density at radius 2 is 2.07 bits per heavy atom. The van der Waals surface area contributed by atoms with Crippen LogP contribution in [-0.4, -0.2) is 23.6 Å². The van der Waals surface area contributed by atoms with Crippen molar-refractivity contribution in [3.63, 3.8) is 0 Å². The van der Waals surface area contributed by atoms with Crippen LogP contribution in [0.4, 0.5) is 0 Å². The van der Waals surface area contributed by atoms with Gasteiger partial charge in [-0.25, -0.2) is 0 Å². The fourth-order valence-corrected chi connectivity index (χ4v) is 4.36. The van der Waals surface area contributed by atoms with Crippen LogP contribution in [0.25, 0.3) is 21.8 Å². The molecular formula is C22H20ClN3O. The summed E-state index contributed by atoms with van der Waals surface area (Å²) >= 11 is 6.33. The van der Waals surface area contributed by atoms with Gasteiger partial charge in [-0.2, -0.15) is 0 Å². The topological polar surface area (TPSA) is 49.9 Å². The molecule has 27 heavy (non-hydrogen) atoms. The molecule has 0 radical (unpaired) electrons. The van der Waals surface area contributed by atoms with Crippen LogP contribution < -0.4 is 10.1 Å². The Hall–Kier alpha value is -2.56. The molecule has 0 atom stereocenters. The van der Waals surface area contributed by atoms with E-state index in [1.807, 2.05) is 12.1 Å². The molecule has 1 aliphatic rings. The van der Waals surface area contributed by atoms with Crippen molar-refractivity contribution in [1.29, 1.82) is 0 Å². The number of rotatable bonds is 3. The highest BCUT2D eigenvalue weighted by Gasteiger charge is 2.20. The molecule has 136 valence electrons. The molecule has 1 aliphatic heterocycles. The summed E-state index contributed by atoms with van der Waals surface area (Å²) < 4.78 is 5.27. The molecule has 0 saturated heterocycles. The molecule has 5 rings (SSSR count). The number of hydrogen-bond donors (Lipinski definition) is 2. The third-order valence-electron chi connectivity index (χ3n) is 5.35. The highest BCUT2D eigenvalue weighted by atomic mass is 35.5. The lowest BCUT2D eigenvalue weighted by Crippen LogP contribution is -2.25. The minimum absolute atomic E-state index is 0.627. The Labute approximate surface area is 162 Å². The van der Waals surface area contributed by atoms with Crippen LogP contribution in [0.2, 0.25) is 5.02 Å². The number of nitrogens with one attached hydrogen (secondary N) is 2. The quantitative estimate of drug-likeness (QED) is 0.548. The van der Waals surface area contributed by atoms with E-state index in [1.54, 1.807) is 7.11 Å². The molecule has 0 unspecified atom stereocenters. The van der Waals surface area contributed by atoms with Gasteiger partial charge in [-0.1, -0.05) is 35.9 Å². The second-order valence-corrected chi connectivity index (χ2v) is 7.38. The number of aromatic amines is 1. The lowest BCUT2D eigenvalue weighted by molar-refractivity contribution is 0.415. The minimum atomic E-state index is 0.627. The van der Waals surface area contributed by atoms with Crippen molar-refractivity contribution in [3.8, 4) is 5.75 Å². The maximum absolute atomic E-state index is 6.33.